The van der Waals surface area contributed by atoms with Gasteiger partial charge in [-0.15, -0.1) is 0 Å². The zero-order chi connectivity index (χ0) is 10.9. The lowest BCUT2D eigenvalue weighted by Gasteiger charge is -2.35. The van der Waals surface area contributed by atoms with Crippen molar-refractivity contribution < 1.29 is 0 Å². The molecule has 0 spiro atoms. The van der Waals surface area contributed by atoms with E-state index in [1.54, 1.807) is 0 Å². The highest BCUT2D eigenvalue weighted by molar-refractivity contribution is 8.13. The van der Waals surface area contributed by atoms with Crippen molar-refractivity contribution in [3.05, 3.63) is 0 Å². The fourth-order valence-corrected chi connectivity index (χ4v) is 2.93. The minimum atomic E-state index is 0.286. The van der Waals surface area contributed by atoms with Crippen LogP contribution >= 0.6 is 11.8 Å². The quantitative estimate of drug-likeness (QED) is 0.800. The van der Waals surface area contributed by atoms with Crippen LogP contribution in [0.25, 0.3) is 0 Å². The van der Waals surface area contributed by atoms with Gasteiger partial charge in [0, 0.05) is 17.8 Å². The first kappa shape index (κ1) is 11.3. The molecule has 1 unspecified atom stereocenters. The van der Waals surface area contributed by atoms with E-state index in [0.717, 1.165) is 6.54 Å². The molecule has 1 saturated carbocycles. The van der Waals surface area contributed by atoms with E-state index in [-0.39, 0.29) is 5.54 Å². The van der Waals surface area contributed by atoms with E-state index >= 15 is 0 Å². The van der Waals surface area contributed by atoms with Crippen LogP contribution in [0.1, 0.15) is 46.5 Å². The molecule has 0 aromatic carbocycles. The minimum absolute atomic E-state index is 0.286. The number of hydrogen-bond donors (Lipinski definition) is 1. The van der Waals surface area contributed by atoms with Gasteiger partial charge in [0.1, 0.15) is 0 Å². The third kappa shape index (κ3) is 2.90. The van der Waals surface area contributed by atoms with E-state index in [1.165, 1.54) is 36.6 Å². The van der Waals surface area contributed by atoms with Gasteiger partial charge >= 0.3 is 0 Å². The van der Waals surface area contributed by atoms with E-state index in [0.29, 0.717) is 5.41 Å². The van der Waals surface area contributed by atoms with E-state index in [9.17, 15) is 0 Å². The van der Waals surface area contributed by atoms with Gasteiger partial charge in [-0.25, -0.2) is 0 Å². The Kier molecular flexibility index (Phi) is 3.02. The SMILES string of the molecule is CCC1(C)CCSC(=NCC2(C)CC2)N1. The maximum absolute atomic E-state index is 4.73. The van der Waals surface area contributed by atoms with Gasteiger partial charge in [0.05, 0.1) is 0 Å². The topological polar surface area (TPSA) is 24.4 Å². The van der Waals surface area contributed by atoms with E-state index < -0.39 is 0 Å². The Morgan fingerprint density at radius 2 is 2.07 bits per heavy atom. The Morgan fingerprint density at radius 1 is 1.33 bits per heavy atom. The Bertz CT molecular complexity index is 271. The zero-order valence-electron chi connectivity index (χ0n) is 10.1. The molecule has 2 rings (SSSR count). The number of thioether (sulfide) groups is 1. The Balaban J connectivity index is 1.91. The van der Waals surface area contributed by atoms with Crippen LogP contribution in [0.4, 0.5) is 0 Å². The van der Waals surface area contributed by atoms with Gasteiger partial charge in [-0.3, -0.25) is 4.99 Å². The van der Waals surface area contributed by atoms with Gasteiger partial charge in [-0.05, 0) is 38.0 Å². The summed E-state index contributed by atoms with van der Waals surface area (Å²) in [4.78, 5) is 4.73. The molecule has 2 nitrogen and oxygen atoms in total. The molecule has 3 heteroatoms. The first-order valence-corrected chi connectivity index (χ1v) is 6.99. The summed E-state index contributed by atoms with van der Waals surface area (Å²) in [5, 5.41) is 4.77. The highest BCUT2D eigenvalue weighted by atomic mass is 32.2. The fraction of sp³-hybridized carbons (Fsp3) is 0.917. The number of amidine groups is 1. The summed E-state index contributed by atoms with van der Waals surface area (Å²) in [6.07, 6.45) is 5.16. The molecule has 0 aromatic rings. The van der Waals surface area contributed by atoms with Crippen molar-refractivity contribution in [2.75, 3.05) is 12.3 Å². The molecule has 15 heavy (non-hydrogen) atoms. The smallest absolute Gasteiger partial charge is 0.156 e. The van der Waals surface area contributed by atoms with Gasteiger partial charge in [-0.1, -0.05) is 25.6 Å². The van der Waals surface area contributed by atoms with Gasteiger partial charge in [0.2, 0.25) is 0 Å². The molecular weight excluding hydrogens is 204 g/mol. The summed E-state index contributed by atoms with van der Waals surface area (Å²) < 4.78 is 0. The molecule has 1 N–H and O–H groups in total. The molecule has 1 atom stereocenters. The molecule has 0 bridgehead atoms. The lowest BCUT2D eigenvalue weighted by molar-refractivity contribution is 0.389. The molecule has 1 aliphatic heterocycles. The largest absolute Gasteiger partial charge is 0.360 e. The third-order valence-electron chi connectivity index (χ3n) is 3.79. The molecule has 0 amide bonds. The summed E-state index contributed by atoms with van der Waals surface area (Å²) in [5.41, 5.74) is 0.823. The zero-order valence-corrected chi connectivity index (χ0v) is 10.9. The molecule has 1 aliphatic carbocycles. The average Bonchev–Trinajstić information content (AvgIpc) is 2.95. The lowest BCUT2D eigenvalue weighted by atomic mass is 9.96. The van der Waals surface area contributed by atoms with E-state index in [4.69, 9.17) is 4.99 Å². The molecule has 2 aliphatic rings. The van der Waals surface area contributed by atoms with Crippen molar-refractivity contribution in [3.63, 3.8) is 0 Å². The number of nitrogens with zero attached hydrogens (tertiary/aromatic N) is 1. The first-order chi connectivity index (χ1) is 7.05. The monoisotopic (exact) mass is 226 g/mol. The Labute approximate surface area is 97.3 Å². The lowest BCUT2D eigenvalue weighted by Crippen LogP contribution is -2.48. The highest BCUT2D eigenvalue weighted by Crippen LogP contribution is 2.45. The molecule has 0 radical (unpaired) electrons. The summed E-state index contributed by atoms with van der Waals surface area (Å²) in [6, 6.07) is 0. The highest BCUT2D eigenvalue weighted by Gasteiger charge is 2.37. The van der Waals surface area contributed by atoms with Gasteiger partial charge in [0.25, 0.3) is 0 Å². The molecule has 2 fully saturated rings. The van der Waals surface area contributed by atoms with Crippen LogP contribution in [0.2, 0.25) is 0 Å². The summed E-state index contributed by atoms with van der Waals surface area (Å²) in [7, 11) is 0. The number of aliphatic imine (C=N–C) groups is 1. The first-order valence-electron chi connectivity index (χ1n) is 6.01. The normalized spacial score (nSPS) is 36.3. The van der Waals surface area contributed by atoms with Crippen LogP contribution in [0.3, 0.4) is 0 Å². The maximum atomic E-state index is 4.73. The van der Waals surface area contributed by atoms with Gasteiger partial charge < -0.3 is 5.32 Å². The van der Waals surface area contributed by atoms with Crippen LogP contribution in [0, 0.1) is 5.41 Å². The fourth-order valence-electron chi connectivity index (χ4n) is 1.71. The molecule has 1 saturated heterocycles. The molecular formula is C12H22N2S. The maximum Gasteiger partial charge on any atom is 0.156 e. The Morgan fingerprint density at radius 3 is 2.67 bits per heavy atom. The van der Waals surface area contributed by atoms with Crippen molar-refractivity contribution in [2.45, 2.75) is 52.0 Å². The summed E-state index contributed by atoms with van der Waals surface area (Å²) in [5.74, 6) is 1.22. The summed E-state index contributed by atoms with van der Waals surface area (Å²) in [6.45, 7) is 7.91. The number of rotatable bonds is 3. The number of nitrogens with one attached hydrogen (secondary N) is 1. The molecule has 0 aromatic heterocycles. The van der Waals surface area contributed by atoms with Crippen molar-refractivity contribution in [3.8, 4) is 0 Å². The molecule has 1 heterocycles. The van der Waals surface area contributed by atoms with Crippen LogP contribution in [0.5, 0.6) is 0 Å². The van der Waals surface area contributed by atoms with E-state index in [2.05, 4.69) is 26.1 Å². The van der Waals surface area contributed by atoms with Crippen LogP contribution < -0.4 is 5.32 Å². The summed E-state index contributed by atoms with van der Waals surface area (Å²) >= 11 is 1.89. The van der Waals surface area contributed by atoms with Crippen molar-refractivity contribution in [1.29, 1.82) is 0 Å². The van der Waals surface area contributed by atoms with E-state index in [1.807, 2.05) is 11.8 Å². The van der Waals surface area contributed by atoms with Crippen LogP contribution in [-0.2, 0) is 0 Å². The predicted molar refractivity (Wildman–Crippen MR) is 68.5 cm³/mol. The Hall–Kier alpha value is -0.180. The van der Waals surface area contributed by atoms with Gasteiger partial charge in [-0.2, -0.15) is 0 Å². The number of hydrogen-bond acceptors (Lipinski definition) is 2. The predicted octanol–water partition coefficient (Wildman–Crippen LogP) is 3.04. The van der Waals surface area contributed by atoms with Crippen molar-refractivity contribution in [1.82, 2.24) is 5.32 Å². The second-order valence-electron chi connectivity index (χ2n) is 5.57. The van der Waals surface area contributed by atoms with Gasteiger partial charge in [0.15, 0.2) is 5.17 Å². The second-order valence-corrected chi connectivity index (χ2v) is 6.65. The second kappa shape index (κ2) is 4.00. The third-order valence-corrected chi connectivity index (χ3v) is 4.70. The standard InChI is InChI=1S/C12H22N2S/c1-4-12(3)7-8-15-10(14-12)13-9-11(2)5-6-11/h4-9H2,1-3H3,(H,13,14). The minimum Gasteiger partial charge on any atom is -0.360 e. The van der Waals surface area contributed by atoms with Crippen molar-refractivity contribution >= 4 is 16.9 Å². The average molecular weight is 226 g/mol. The molecule has 86 valence electrons. The van der Waals surface area contributed by atoms with Crippen LogP contribution in [0.15, 0.2) is 4.99 Å². The van der Waals surface area contributed by atoms with Crippen molar-refractivity contribution in [2.24, 2.45) is 10.4 Å². The van der Waals surface area contributed by atoms with Crippen LogP contribution in [-0.4, -0.2) is 23.0 Å².